The molecule has 8 nitrogen and oxygen atoms in total. The Labute approximate surface area is 149 Å². The average Bonchev–Trinajstić information content (AvgIpc) is 3.35. The number of ether oxygens (including phenoxy) is 8. The van der Waals surface area contributed by atoms with E-state index in [2.05, 4.69) is 0 Å². The van der Waals surface area contributed by atoms with Crippen LogP contribution in [0, 0.1) is 0 Å². The lowest BCUT2D eigenvalue weighted by Crippen LogP contribution is -2.32. The van der Waals surface area contributed by atoms with Gasteiger partial charge < -0.3 is 37.9 Å². The van der Waals surface area contributed by atoms with Gasteiger partial charge in [-0.2, -0.15) is 0 Å². The SMILES string of the molecule is C.CO[C@@H]1CO[C@H]2[C@@H]1OC[C@H]2OC.CO[C@H]1COC2C1OC[C@H]2OC. The van der Waals surface area contributed by atoms with E-state index < -0.39 is 0 Å². The molecule has 148 valence electrons. The van der Waals surface area contributed by atoms with Gasteiger partial charge in [0.1, 0.15) is 48.8 Å². The highest BCUT2D eigenvalue weighted by Gasteiger charge is 2.49. The third-order valence-electron chi connectivity index (χ3n) is 5.14. The van der Waals surface area contributed by atoms with Crippen LogP contribution in [0.4, 0.5) is 0 Å². The molecule has 0 radical (unpaired) electrons. The maximum Gasteiger partial charge on any atom is 0.115 e. The summed E-state index contributed by atoms with van der Waals surface area (Å²) in [6.45, 7) is 2.47. The van der Waals surface area contributed by atoms with Crippen LogP contribution >= 0.6 is 0 Å². The molecular formula is C17H32O8. The second-order valence-corrected chi connectivity index (χ2v) is 6.29. The van der Waals surface area contributed by atoms with Crippen LogP contribution in [-0.2, 0) is 37.9 Å². The molecule has 4 fully saturated rings. The fourth-order valence-electron chi connectivity index (χ4n) is 3.67. The lowest BCUT2D eigenvalue weighted by atomic mass is 10.1. The molecule has 0 amide bonds. The van der Waals surface area contributed by atoms with E-state index in [1.807, 2.05) is 0 Å². The largest absolute Gasteiger partial charge is 0.376 e. The highest BCUT2D eigenvalue weighted by Crippen LogP contribution is 2.30. The molecule has 0 aromatic carbocycles. The molecule has 8 atom stereocenters. The quantitative estimate of drug-likeness (QED) is 0.704. The predicted molar refractivity (Wildman–Crippen MR) is 88.9 cm³/mol. The minimum Gasteiger partial charge on any atom is -0.376 e. The monoisotopic (exact) mass is 364 g/mol. The number of methoxy groups -OCH3 is 4. The first-order valence-corrected chi connectivity index (χ1v) is 8.31. The highest BCUT2D eigenvalue weighted by atomic mass is 16.6. The van der Waals surface area contributed by atoms with Crippen molar-refractivity contribution in [3.8, 4) is 0 Å². The van der Waals surface area contributed by atoms with E-state index in [0.717, 1.165) is 0 Å². The maximum atomic E-state index is 5.51. The molecule has 4 saturated heterocycles. The van der Waals surface area contributed by atoms with Gasteiger partial charge in [0.15, 0.2) is 0 Å². The number of hydrogen-bond donors (Lipinski definition) is 0. The van der Waals surface area contributed by atoms with Gasteiger partial charge in [-0.05, 0) is 0 Å². The van der Waals surface area contributed by atoms with Crippen LogP contribution in [0.3, 0.4) is 0 Å². The van der Waals surface area contributed by atoms with E-state index in [0.29, 0.717) is 26.4 Å². The Morgan fingerprint density at radius 3 is 0.840 bits per heavy atom. The summed E-state index contributed by atoms with van der Waals surface area (Å²) in [5.41, 5.74) is 0. The Morgan fingerprint density at radius 2 is 0.680 bits per heavy atom. The van der Waals surface area contributed by atoms with Gasteiger partial charge in [-0.15, -0.1) is 0 Å². The molecule has 4 heterocycles. The minimum atomic E-state index is 0. The predicted octanol–water partition coefficient (Wildman–Crippen LogP) is 0.264. The summed E-state index contributed by atoms with van der Waals surface area (Å²) in [5, 5.41) is 0. The summed E-state index contributed by atoms with van der Waals surface area (Å²) in [6, 6.07) is 0. The molecule has 8 heteroatoms. The van der Waals surface area contributed by atoms with Gasteiger partial charge in [-0.3, -0.25) is 0 Å². The van der Waals surface area contributed by atoms with Crippen molar-refractivity contribution in [3.05, 3.63) is 0 Å². The van der Waals surface area contributed by atoms with Gasteiger partial charge in [0.25, 0.3) is 0 Å². The van der Waals surface area contributed by atoms with Crippen LogP contribution in [0.1, 0.15) is 7.43 Å². The Kier molecular flexibility index (Phi) is 8.03. The molecule has 25 heavy (non-hydrogen) atoms. The van der Waals surface area contributed by atoms with Crippen molar-refractivity contribution < 1.29 is 37.9 Å². The van der Waals surface area contributed by atoms with Crippen molar-refractivity contribution in [3.63, 3.8) is 0 Å². The molecular weight excluding hydrogens is 332 g/mol. The second kappa shape index (κ2) is 9.57. The van der Waals surface area contributed by atoms with Gasteiger partial charge in [0.2, 0.25) is 0 Å². The summed E-state index contributed by atoms with van der Waals surface area (Å²) in [7, 11) is 6.72. The summed E-state index contributed by atoms with van der Waals surface area (Å²) in [6.07, 6.45) is 0.593. The first kappa shape index (κ1) is 21.0. The smallest absolute Gasteiger partial charge is 0.115 e. The molecule has 0 saturated carbocycles. The number of hydrogen-bond acceptors (Lipinski definition) is 8. The lowest BCUT2D eigenvalue weighted by Gasteiger charge is -2.14. The molecule has 0 aromatic rings. The van der Waals surface area contributed by atoms with E-state index in [-0.39, 0.29) is 56.3 Å². The summed E-state index contributed by atoms with van der Waals surface area (Å²) < 4.78 is 42.9. The zero-order valence-electron chi connectivity index (χ0n) is 14.7. The normalized spacial score (nSPS) is 44.6. The molecule has 0 N–H and O–H groups in total. The maximum absolute atomic E-state index is 5.51. The first-order valence-electron chi connectivity index (χ1n) is 8.31. The van der Waals surface area contributed by atoms with Gasteiger partial charge in [0, 0.05) is 28.4 Å². The fourth-order valence-corrected chi connectivity index (χ4v) is 3.67. The zero-order chi connectivity index (χ0) is 17.1. The summed E-state index contributed by atoms with van der Waals surface area (Å²) in [4.78, 5) is 0. The third-order valence-corrected chi connectivity index (χ3v) is 5.14. The van der Waals surface area contributed by atoms with Gasteiger partial charge in [0.05, 0.1) is 26.4 Å². The lowest BCUT2D eigenvalue weighted by molar-refractivity contribution is -0.0267. The van der Waals surface area contributed by atoms with E-state index in [1.54, 1.807) is 28.4 Å². The van der Waals surface area contributed by atoms with Crippen molar-refractivity contribution in [1.82, 2.24) is 0 Å². The van der Waals surface area contributed by atoms with Gasteiger partial charge in [-0.25, -0.2) is 0 Å². The third kappa shape index (κ3) is 4.17. The molecule has 2 unspecified atom stereocenters. The summed E-state index contributed by atoms with van der Waals surface area (Å²) in [5.74, 6) is 0. The second-order valence-electron chi connectivity index (χ2n) is 6.29. The summed E-state index contributed by atoms with van der Waals surface area (Å²) >= 11 is 0. The van der Waals surface area contributed by atoms with Crippen molar-refractivity contribution >= 4 is 0 Å². The average molecular weight is 364 g/mol. The van der Waals surface area contributed by atoms with E-state index in [4.69, 9.17) is 37.9 Å². The van der Waals surface area contributed by atoms with Crippen molar-refractivity contribution in [2.24, 2.45) is 0 Å². The van der Waals surface area contributed by atoms with E-state index >= 15 is 0 Å². The molecule has 0 bridgehead atoms. The van der Waals surface area contributed by atoms with Crippen LogP contribution in [0.15, 0.2) is 0 Å². The zero-order valence-corrected chi connectivity index (χ0v) is 14.7. The first-order chi connectivity index (χ1) is 11.7. The molecule has 0 aliphatic carbocycles. The van der Waals surface area contributed by atoms with Crippen LogP contribution in [0.2, 0.25) is 0 Å². The fraction of sp³-hybridized carbons (Fsp3) is 1.00. The molecule has 4 aliphatic rings. The highest BCUT2D eigenvalue weighted by molar-refractivity contribution is 4.96. The Morgan fingerprint density at radius 1 is 0.480 bits per heavy atom. The van der Waals surface area contributed by atoms with Crippen LogP contribution in [0.25, 0.3) is 0 Å². The number of rotatable bonds is 4. The van der Waals surface area contributed by atoms with Gasteiger partial charge in [-0.1, -0.05) is 7.43 Å². The van der Waals surface area contributed by atoms with E-state index in [9.17, 15) is 0 Å². The molecule has 4 aliphatic heterocycles. The van der Waals surface area contributed by atoms with Gasteiger partial charge >= 0.3 is 0 Å². The van der Waals surface area contributed by atoms with Crippen molar-refractivity contribution in [2.45, 2.75) is 56.3 Å². The minimum absolute atomic E-state index is 0. The Hall–Kier alpha value is -0.320. The van der Waals surface area contributed by atoms with Crippen LogP contribution < -0.4 is 0 Å². The van der Waals surface area contributed by atoms with Crippen LogP contribution in [0.5, 0.6) is 0 Å². The van der Waals surface area contributed by atoms with Crippen molar-refractivity contribution in [1.29, 1.82) is 0 Å². The number of fused-ring (bicyclic) bond motifs is 2. The van der Waals surface area contributed by atoms with E-state index in [1.165, 1.54) is 0 Å². The topological polar surface area (TPSA) is 73.8 Å². The standard InChI is InChI=1S/2C8H14O4.CH4/c2*1-9-5-3-11-8-6(10-2)4-12-7(5)8;/h2*5-8H,3-4H2,1-2H3;1H4/t5-,6+,7?,8?;5-,6-,7-,8-;/m.1./s1. The Balaban J connectivity index is 0.000000173. The Bertz CT molecular complexity index is 323. The van der Waals surface area contributed by atoms with Crippen molar-refractivity contribution in [2.75, 3.05) is 54.9 Å². The molecule has 0 spiro atoms. The van der Waals surface area contributed by atoms with Crippen LogP contribution in [-0.4, -0.2) is 104 Å². The molecule has 4 rings (SSSR count). The molecule has 0 aromatic heterocycles.